The van der Waals surface area contributed by atoms with E-state index in [-0.39, 0.29) is 30.3 Å². The zero-order chi connectivity index (χ0) is 23.8. The molecule has 0 unspecified atom stereocenters. The lowest BCUT2D eigenvalue weighted by Gasteiger charge is -2.18. The molecule has 0 saturated heterocycles. The number of nitrogens with zero attached hydrogens (tertiary/aromatic N) is 4. The fourth-order valence-electron chi connectivity index (χ4n) is 3.13. The van der Waals surface area contributed by atoms with Gasteiger partial charge < -0.3 is 5.32 Å². The van der Waals surface area contributed by atoms with Crippen LogP contribution in [0.4, 0.5) is 17.6 Å². The molecule has 176 valence electrons. The van der Waals surface area contributed by atoms with E-state index in [1.807, 2.05) is 30.3 Å². The molecule has 0 bridgehead atoms. The molecule has 0 aliphatic heterocycles. The summed E-state index contributed by atoms with van der Waals surface area (Å²) in [7, 11) is 1.38. The van der Waals surface area contributed by atoms with Gasteiger partial charge in [0, 0.05) is 12.2 Å². The van der Waals surface area contributed by atoms with Gasteiger partial charge in [-0.25, -0.2) is 4.39 Å². The summed E-state index contributed by atoms with van der Waals surface area (Å²) in [6.45, 7) is -0.523. The van der Waals surface area contributed by atoms with Crippen LogP contribution in [0, 0.1) is 5.82 Å². The van der Waals surface area contributed by atoms with Crippen LogP contribution in [0.15, 0.2) is 59.8 Å². The quantitative estimate of drug-likeness (QED) is 0.268. The Balaban J connectivity index is 1.62. The molecule has 0 saturated carbocycles. The first kappa shape index (κ1) is 24.7. The van der Waals surface area contributed by atoms with Gasteiger partial charge in [-0.15, -0.1) is 10.2 Å². The monoisotopic (exact) mass is 481 g/mol. The number of para-hydroxylation sites is 1. The van der Waals surface area contributed by atoms with E-state index in [9.17, 15) is 22.4 Å². The fraction of sp³-hybridized carbons (Fsp3) is 0.318. The van der Waals surface area contributed by atoms with Gasteiger partial charge in [0.25, 0.3) is 0 Å². The average molecular weight is 482 g/mol. The number of halogens is 4. The van der Waals surface area contributed by atoms with Gasteiger partial charge in [-0.3, -0.25) is 14.3 Å². The van der Waals surface area contributed by atoms with Crippen molar-refractivity contribution >= 4 is 17.7 Å². The predicted molar refractivity (Wildman–Crippen MR) is 119 cm³/mol. The number of alkyl halides is 3. The third-order valence-corrected chi connectivity index (χ3v) is 5.51. The zero-order valence-corrected chi connectivity index (χ0v) is 18.7. The van der Waals surface area contributed by atoms with Gasteiger partial charge in [-0.05, 0) is 44.3 Å². The summed E-state index contributed by atoms with van der Waals surface area (Å²) in [6.07, 6.45) is -3.86. The Kier molecular flexibility index (Phi) is 8.45. The number of hydrogen-bond donors (Lipinski definition) is 1. The lowest BCUT2D eigenvalue weighted by atomic mass is 10.2. The number of rotatable bonds is 10. The molecule has 1 N–H and O–H groups in total. The van der Waals surface area contributed by atoms with E-state index in [0.717, 1.165) is 22.3 Å². The Morgan fingerprint density at radius 3 is 2.48 bits per heavy atom. The zero-order valence-electron chi connectivity index (χ0n) is 17.8. The first-order valence-corrected chi connectivity index (χ1v) is 11.1. The van der Waals surface area contributed by atoms with E-state index >= 15 is 0 Å². The summed E-state index contributed by atoms with van der Waals surface area (Å²) in [4.78, 5) is 13.4. The normalized spacial score (nSPS) is 11.7. The van der Waals surface area contributed by atoms with Gasteiger partial charge in [0.15, 0.2) is 11.0 Å². The molecule has 1 amide bonds. The Morgan fingerprint density at radius 2 is 1.79 bits per heavy atom. The molecule has 2 aromatic carbocycles. The van der Waals surface area contributed by atoms with Crippen molar-refractivity contribution in [2.75, 3.05) is 32.4 Å². The van der Waals surface area contributed by atoms with E-state index in [0.29, 0.717) is 17.4 Å². The standard InChI is InChI=1S/C22H23F4N5OS/c1-30(15-22(24,25)26)13-7-12-27-19(32)14-33-21-29-28-20(17-10-5-6-11-18(17)23)31(21)16-8-3-2-4-9-16/h2-6,8-11H,7,12-15H2,1H3,(H,27,32). The molecule has 0 aliphatic carbocycles. The Labute approximate surface area is 193 Å². The van der Waals surface area contributed by atoms with E-state index in [1.54, 1.807) is 22.8 Å². The molecule has 0 atom stereocenters. The maximum atomic E-state index is 14.4. The number of nitrogens with one attached hydrogen (secondary N) is 1. The van der Waals surface area contributed by atoms with Gasteiger partial charge in [-0.2, -0.15) is 13.2 Å². The third kappa shape index (κ3) is 7.29. The van der Waals surface area contributed by atoms with Crippen LogP contribution >= 0.6 is 11.8 Å². The molecule has 0 fully saturated rings. The number of carbonyl (C=O) groups excluding carboxylic acids is 1. The lowest BCUT2D eigenvalue weighted by Crippen LogP contribution is -2.34. The molecule has 33 heavy (non-hydrogen) atoms. The van der Waals surface area contributed by atoms with Crippen molar-refractivity contribution < 1.29 is 22.4 Å². The molecule has 3 aromatic rings. The Hall–Kier alpha value is -2.92. The highest BCUT2D eigenvalue weighted by Gasteiger charge is 2.28. The minimum absolute atomic E-state index is 0.0284. The molecule has 0 radical (unpaired) electrons. The van der Waals surface area contributed by atoms with Crippen LogP contribution < -0.4 is 5.32 Å². The van der Waals surface area contributed by atoms with Crippen LogP contribution in [0.25, 0.3) is 17.1 Å². The van der Waals surface area contributed by atoms with E-state index in [1.165, 1.54) is 13.1 Å². The second kappa shape index (κ2) is 11.3. The van der Waals surface area contributed by atoms with Crippen LogP contribution in [0.2, 0.25) is 0 Å². The number of aromatic nitrogens is 3. The van der Waals surface area contributed by atoms with Crippen LogP contribution in [0.3, 0.4) is 0 Å². The summed E-state index contributed by atoms with van der Waals surface area (Å²) < 4.78 is 53.1. The SMILES string of the molecule is CN(CCCNC(=O)CSc1nnc(-c2ccccc2F)n1-c1ccccc1)CC(F)(F)F. The summed E-state index contributed by atoms with van der Waals surface area (Å²) in [5, 5.41) is 11.4. The molecule has 0 aliphatic rings. The molecule has 6 nitrogen and oxygen atoms in total. The van der Waals surface area contributed by atoms with Crippen LogP contribution in [0.1, 0.15) is 6.42 Å². The van der Waals surface area contributed by atoms with Gasteiger partial charge in [0.1, 0.15) is 5.82 Å². The van der Waals surface area contributed by atoms with Crippen LogP contribution in [-0.2, 0) is 4.79 Å². The van der Waals surface area contributed by atoms with Crippen molar-refractivity contribution in [2.45, 2.75) is 17.8 Å². The van der Waals surface area contributed by atoms with Crippen molar-refractivity contribution in [3.05, 3.63) is 60.4 Å². The van der Waals surface area contributed by atoms with Crippen LogP contribution in [-0.4, -0.2) is 64.2 Å². The maximum Gasteiger partial charge on any atom is 0.401 e. The number of amides is 1. The highest BCUT2D eigenvalue weighted by Crippen LogP contribution is 2.29. The van der Waals surface area contributed by atoms with Crippen molar-refractivity contribution in [3.8, 4) is 17.1 Å². The first-order valence-electron chi connectivity index (χ1n) is 10.1. The molecule has 1 aromatic heterocycles. The topological polar surface area (TPSA) is 63.1 Å². The van der Waals surface area contributed by atoms with Gasteiger partial charge >= 0.3 is 6.18 Å². The number of carbonyl (C=O) groups is 1. The van der Waals surface area contributed by atoms with E-state index in [2.05, 4.69) is 15.5 Å². The van der Waals surface area contributed by atoms with Crippen molar-refractivity contribution in [1.29, 1.82) is 0 Å². The van der Waals surface area contributed by atoms with Crippen molar-refractivity contribution in [2.24, 2.45) is 0 Å². The molecule has 1 heterocycles. The Bertz CT molecular complexity index is 1060. The van der Waals surface area contributed by atoms with E-state index in [4.69, 9.17) is 0 Å². The van der Waals surface area contributed by atoms with Crippen molar-refractivity contribution in [1.82, 2.24) is 25.0 Å². The predicted octanol–water partition coefficient (Wildman–Crippen LogP) is 4.17. The Morgan fingerprint density at radius 1 is 1.09 bits per heavy atom. The maximum absolute atomic E-state index is 14.4. The molecule has 3 rings (SSSR count). The average Bonchev–Trinajstić information content (AvgIpc) is 3.19. The second-order valence-electron chi connectivity index (χ2n) is 7.30. The number of thioether (sulfide) groups is 1. The van der Waals surface area contributed by atoms with Gasteiger partial charge in [-0.1, -0.05) is 42.1 Å². The largest absolute Gasteiger partial charge is 0.401 e. The summed E-state index contributed by atoms with van der Waals surface area (Å²) >= 11 is 1.14. The smallest absolute Gasteiger partial charge is 0.355 e. The minimum atomic E-state index is -4.25. The van der Waals surface area contributed by atoms with Crippen LogP contribution in [0.5, 0.6) is 0 Å². The lowest BCUT2D eigenvalue weighted by molar-refractivity contribution is -0.143. The summed E-state index contributed by atoms with van der Waals surface area (Å²) in [5.74, 6) is -0.379. The first-order chi connectivity index (χ1) is 15.7. The molecule has 0 spiro atoms. The van der Waals surface area contributed by atoms with E-state index < -0.39 is 18.5 Å². The minimum Gasteiger partial charge on any atom is -0.355 e. The van der Waals surface area contributed by atoms with Gasteiger partial charge in [0.05, 0.1) is 17.9 Å². The molecular formula is C22H23F4N5OS. The third-order valence-electron chi connectivity index (χ3n) is 4.58. The summed E-state index contributed by atoms with van der Waals surface area (Å²) in [6, 6.07) is 15.4. The number of hydrogen-bond acceptors (Lipinski definition) is 5. The van der Waals surface area contributed by atoms with Crippen molar-refractivity contribution in [3.63, 3.8) is 0 Å². The second-order valence-corrected chi connectivity index (χ2v) is 8.24. The highest BCUT2D eigenvalue weighted by atomic mass is 32.2. The highest BCUT2D eigenvalue weighted by molar-refractivity contribution is 7.99. The molecule has 11 heteroatoms. The fourth-order valence-corrected chi connectivity index (χ4v) is 3.92. The summed E-state index contributed by atoms with van der Waals surface area (Å²) in [5.41, 5.74) is 1.00. The molecular weight excluding hydrogens is 458 g/mol. The number of benzene rings is 2. The van der Waals surface area contributed by atoms with Gasteiger partial charge in [0.2, 0.25) is 5.91 Å².